The van der Waals surface area contributed by atoms with Crippen LogP contribution in [-0.2, 0) is 6.54 Å². The van der Waals surface area contributed by atoms with Gasteiger partial charge >= 0.3 is 0 Å². The first-order valence-electron chi connectivity index (χ1n) is 5.32. The van der Waals surface area contributed by atoms with Gasteiger partial charge in [-0.25, -0.2) is 4.98 Å². The second-order valence-corrected chi connectivity index (χ2v) is 5.17. The number of aromatic nitrogens is 1. The molecule has 1 aromatic carbocycles. The monoisotopic (exact) mass is 281 g/mol. The van der Waals surface area contributed by atoms with Gasteiger partial charge in [0, 0.05) is 6.54 Å². The second kappa shape index (κ2) is 5.37. The quantitative estimate of drug-likeness (QED) is 0.909. The summed E-state index contributed by atoms with van der Waals surface area (Å²) in [6.45, 7) is 2.46. The predicted molar refractivity (Wildman–Crippen MR) is 73.9 cm³/mol. The third-order valence-electron chi connectivity index (χ3n) is 2.51. The van der Waals surface area contributed by atoms with Gasteiger partial charge in [0.05, 0.1) is 0 Å². The number of aryl methyl sites for hydroxylation is 1. The summed E-state index contributed by atoms with van der Waals surface area (Å²) in [6.07, 6.45) is 0. The van der Waals surface area contributed by atoms with Crippen LogP contribution in [0.4, 0.5) is 5.13 Å². The highest BCUT2D eigenvalue weighted by Crippen LogP contribution is 2.24. The molecule has 0 unspecified atom stereocenters. The van der Waals surface area contributed by atoms with E-state index in [0.29, 0.717) is 16.6 Å². The molecule has 0 bridgehead atoms. The molecule has 4 nitrogen and oxygen atoms in total. The topological polar surface area (TPSA) is 68.0 Å². The lowest BCUT2D eigenvalue weighted by molar-refractivity contribution is 0.0955. The first kappa shape index (κ1) is 12.9. The Hall–Kier alpha value is -1.59. The SMILES string of the molecule is Cc1ccccc1CNC(=O)c1sc(N)nc1Cl. The van der Waals surface area contributed by atoms with E-state index in [-0.39, 0.29) is 11.1 Å². The van der Waals surface area contributed by atoms with Crippen molar-refractivity contribution in [3.8, 4) is 0 Å². The second-order valence-electron chi connectivity index (χ2n) is 3.78. The number of anilines is 1. The van der Waals surface area contributed by atoms with E-state index in [2.05, 4.69) is 10.3 Å². The summed E-state index contributed by atoms with van der Waals surface area (Å²) >= 11 is 6.90. The summed E-state index contributed by atoms with van der Waals surface area (Å²) < 4.78 is 0. The maximum Gasteiger partial charge on any atom is 0.264 e. The highest BCUT2D eigenvalue weighted by atomic mass is 35.5. The Morgan fingerprint density at radius 2 is 2.22 bits per heavy atom. The third-order valence-corrected chi connectivity index (χ3v) is 3.78. The summed E-state index contributed by atoms with van der Waals surface area (Å²) in [5.74, 6) is -0.252. The van der Waals surface area contributed by atoms with Gasteiger partial charge in [0.15, 0.2) is 10.3 Å². The van der Waals surface area contributed by atoms with Gasteiger partial charge in [-0.15, -0.1) is 0 Å². The standard InChI is InChI=1S/C12H12ClN3OS/c1-7-4-2-3-5-8(7)6-15-11(17)9-10(13)16-12(14)18-9/h2-5H,6H2,1H3,(H2,14,16)(H,15,17). The molecule has 1 amide bonds. The molecule has 0 saturated heterocycles. The largest absolute Gasteiger partial charge is 0.375 e. The molecule has 94 valence electrons. The van der Waals surface area contributed by atoms with Crippen molar-refractivity contribution in [1.29, 1.82) is 0 Å². The summed E-state index contributed by atoms with van der Waals surface area (Å²) in [7, 11) is 0. The van der Waals surface area contributed by atoms with Crippen molar-refractivity contribution in [2.24, 2.45) is 0 Å². The van der Waals surface area contributed by atoms with E-state index in [0.717, 1.165) is 22.5 Å². The van der Waals surface area contributed by atoms with Crippen LogP contribution in [0.2, 0.25) is 5.15 Å². The van der Waals surface area contributed by atoms with Gasteiger partial charge in [0.2, 0.25) is 0 Å². The number of amides is 1. The lowest BCUT2D eigenvalue weighted by atomic mass is 10.1. The Kier molecular flexibility index (Phi) is 3.84. The molecule has 0 atom stereocenters. The number of hydrogen-bond donors (Lipinski definition) is 2. The number of carbonyl (C=O) groups excluding carboxylic acids is 1. The van der Waals surface area contributed by atoms with Crippen LogP contribution in [0.3, 0.4) is 0 Å². The Morgan fingerprint density at radius 1 is 1.50 bits per heavy atom. The Bertz CT molecular complexity index is 582. The minimum Gasteiger partial charge on any atom is -0.375 e. The Labute approximate surface area is 114 Å². The normalized spacial score (nSPS) is 10.3. The first-order valence-corrected chi connectivity index (χ1v) is 6.52. The Balaban J connectivity index is 2.05. The summed E-state index contributed by atoms with van der Waals surface area (Å²) in [5.41, 5.74) is 7.69. The zero-order valence-corrected chi connectivity index (χ0v) is 11.3. The Morgan fingerprint density at radius 3 is 2.83 bits per heavy atom. The van der Waals surface area contributed by atoms with E-state index >= 15 is 0 Å². The van der Waals surface area contributed by atoms with Crippen LogP contribution < -0.4 is 11.1 Å². The number of carbonyl (C=O) groups is 1. The van der Waals surface area contributed by atoms with Crippen LogP contribution in [0.15, 0.2) is 24.3 Å². The van der Waals surface area contributed by atoms with Crippen molar-refractivity contribution in [3.05, 3.63) is 45.4 Å². The van der Waals surface area contributed by atoms with Crippen molar-refractivity contribution >= 4 is 34.0 Å². The zero-order valence-electron chi connectivity index (χ0n) is 9.74. The van der Waals surface area contributed by atoms with E-state index in [9.17, 15) is 4.79 Å². The van der Waals surface area contributed by atoms with Crippen molar-refractivity contribution in [2.75, 3.05) is 5.73 Å². The molecule has 3 N–H and O–H groups in total. The number of hydrogen-bond acceptors (Lipinski definition) is 4. The highest BCUT2D eigenvalue weighted by molar-refractivity contribution is 7.17. The minimum atomic E-state index is -0.252. The zero-order chi connectivity index (χ0) is 13.1. The van der Waals surface area contributed by atoms with Crippen LogP contribution >= 0.6 is 22.9 Å². The first-order chi connectivity index (χ1) is 8.58. The molecule has 2 aromatic rings. The fourth-order valence-electron chi connectivity index (χ4n) is 1.52. The van der Waals surface area contributed by atoms with Crippen molar-refractivity contribution in [2.45, 2.75) is 13.5 Å². The van der Waals surface area contributed by atoms with Gasteiger partial charge in [-0.3, -0.25) is 4.79 Å². The molecule has 1 heterocycles. The number of nitrogens with one attached hydrogen (secondary N) is 1. The molecule has 0 aliphatic rings. The number of benzene rings is 1. The van der Waals surface area contributed by atoms with Crippen LogP contribution in [0.5, 0.6) is 0 Å². The average molecular weight is 282 g/mol. The third kappa shape index (κ3) is 2.80. The van der Waals surface area contributed by atoms with Crippen LogP contribution in [-0.4, -0.2) is 10.9 Å². The molecular formula is C12H12ClN3OS. The van der Waals surface area contributed by atoms with E-state index in [4.69, 9.17) is 17.3 Å². The lowest BCUT2D eigenvalue weighted by Crippen LogP contribution is -2.22. The van der Waals surface area contributed by atoms with Gasteiger partial charge in [0.25, 0.3) is 5.91 Å². The smallest absolute Gasteiger partial charge is 0.264 e. The molecular weight excluding hydrogens is 270 g/mol. The molecule has 18 heavy (non-hydrogen) atoms. The summed E-state index contributed by atoms with van der Waals surface area (Å²) in [5, 5.41) is 3.25. The average Bonchev–Trinajstić information content (AvgIpc) is 2.67. The van der Waals surface area contributed by atoms with E-state index < -0.39 is 0 Å². The fourth-order valence-corrected chi connectivity index (χ4v) is 2.50. The molecule has 0 fully saturated rings. The van der Waals surface area contributed by atoms with Gasteiger partial charge in [-0.2, -0.15) is 0 Å². The summed E-state index contributed by atoms with van der Waals surface area (Å²) in [4.78, 5) is 16.0. The minimum absolute atomic E-state index is 0.153. The maximum atomic E-state index is 11.9. The number of rotatable bonds is 3. The number of nitrogens with two attached hydrogens (primary N) is 1. The number of nitrogen functional groups attached to an aromatic ring is 1. The van der Waals surface area contributed by atoms with Gasteiger partial charge in [-0.1, -0.05) is 47.2 Å². The van der Waals surface area contributed by atoms with Gasteiger partial charge in [-0.05, 0) is 18.1 Å². The lowest BCUT2D eigenvalue weighted by Gasteiger charge is -2.06. The molecule has 0 spiro atoms. The van der Waals surface area contributed by atoms with E-state index in [1.165, 1.54) is 0 Å². The molecule has 0 radical (unpaired) electrons. The number of nitrogens with zero attached hydrogens (tertiary/aromatic N) is 1. The molecule has 2 rings (SSSR count). The number of thiazole rings is 1. The molecule has 0 aliphatic heterocycles. The van der Waals surface area contributed by atoms with E-state index in [1.807, 2.05) is 31.2 Å². The predicted octanol–water partition coefficient (Wildman–Crippen LogP) is 2.62. The van der Waals surface area contributed by atoms with E-state index in [1.54, 1.807) is 0 Å². The highest BCUT2D eigenvalue weighted by Gasteiger charge is 2.15. The van der Waals surface area contributed by atoms with Gasteiger partial charge < -0.3 is 11.1 Å². The van der Waals surface area contributed by atoms with Crippen molar-refractivity contribution in [3.63, 3.8) is 0 Å². The number of halogens is 1. The molecule has 0 aliphatic carbocycles. The van der Waals surface area contributed by atoms with Crippen LogP contribution in [0, 0.1) is 6.92 Å². The maximum absolute atomic E-state index is 11.9. The van der Waals surface area contributed by atoms with Crippen molar-refractivity contribution < 1.29 is 4.79 Å². The molecule has 0 saturated carbocycles. The molecule has 1 aromatic heterocycles. The van der Waals surface area contributed by atoms with Crippen LogP contribution in [0.1, 0.15) is 20.8 Å². The van der Waals surface area contributed by atoms with Gasteiger partial charge in [0.1, 0.15) is 4.88 Å². The van der Waals surface area contributed by atoms with Crippen molar-refractivity contribution in [1.82, 2.24) is 10.3 Å². The molecule has 6 heteroatoms. The summed E-state index contributed by atoms with van der Waals surface area (Å²) in [6, 6.07) is 7.87. The van der Waals surface area contributed by atoms with Crippen LogP contribution in [0.25, 0.3) is 0 Å². The fraction of sp³-hybridized carbons (Fsp3) is 0.167.